The van der Waals surface area contributed by atoms with Gasteiger partial charge in [-0.15, -0.1) is 0 Å². The highest BCUT2D eigenvalue weighted by Crippen LogP contribution is 2.13. The summed E-state index contributed by atoms with van der Waals surface area (Å²) in [5.74, 6) is 0. The number of unbranched alkanes of at least 4 members (excludes halogenated alkanes) is 1. The normalized spacial score (nSPS) is 12.0. The summed E-state index contributed by atoms with van der Waals surface area (Å²) in [5.41, 5.74) is 0.0337. The van der Waals surface area contributed by atoms with Crippen LogP contribution in [0.15, 0.2) is 17.9 Å². The van der Waals surface area contributed by atoms with Gasteiger partial charge in [-0.3, -0.25) is 5.01 Å². The molecule has 0 saturated carbocycles. The fourth-order valence-electron chi connectivity index (χ4n) is 0.769. The number of hydrogen-bond donors (Lipinski definition) is 0. The van der Waals surface area contributed by atoms with Crippen molar-refractivity contribution in [1.29, 1.82) is 0 Å². The highest BCUT2D eigenvalue weighted by atomic mass is 15.5. The van der Waals surface area contributed by atoms with E-state index >= 15 is 0 Å². The third-order valence-electron chi connectivity index (χ3n) is 1.48. The maximum atomic E-state index is 4.29. The minimum atomic E-state index is 0.0337. The average molecular weight is 168 g/mol. The van der Waals surface area contributed by atoms with Gasteiger partial charge in [0.25, 0.3) is 0 Å². The number of nitrogens with zero attached hydrogens (tertiary/aromatic N) is 2. The SMILES string of the molecule is C=CN(/N=C\CCC)C(C)(C)C. The van der Waals surface area contributed by atoms with Crippen LogP contribution in [0, 0.1) is 0 Å². The molecular formula is C10H20N2. The molecule has 0 aliphatic rings. The van der Waals surface area contributed by atoms with Crippen LogP contribution >= 0.6 is 0 Å². The van der Waals surface area contributed by atoms with Gasteiger partial charge >= 0.3 is 0 Å². The zero-order chi connectivity index (χ0) is 9.61. The highest BCUT2D eigenvalue weighted by molar-refractivity contribution is 5.56. The van der Waals surface area contributed by atoms with Crippen LogP contribution in [0.1, 0.15) is 40.5 Å². The first-order chi connectivity index (χ1) is 5.52. The van der Waals surface area contributed by atoms with Crippen molar-refractivity contribution in [3.63, 3.8) is 0 Å². The van der Waals surface area contributed by atoms with Crippen LogP contribution in [0.4, 0.5) is 0 Å². The Morgan fingerprint density at radius 1 is 1.42 bits per heavy atom. The third-order valence-corrected chi connectivity index (χ3v) is 1.48. The molecule has 0 aliphatic heterocycles. The summed E-state index contributed by atoms with van der Waals surface area (Å²) in [5, 5.41) is 6.17. The van der Waals surface area contributed by atoms with Gasteiger partial charge < -0.3 is 0 Å². The maximum Gasteiger partial charge on any atom is 0.0543 e. The van der Waals surface area contributed by atoms with Gasteiger partial charge in [-0.2, -0.15) is 5.10 Å². The molecule has 0 heterocycles. The van der Waals surface area contributed by atoms with Crippen LogP contribution in [0.2, 0.25) is 0 Å². The molecule has 0 N–H and O–H groups in total. The van der Waals surface area contributed by atoms with Crippen LogP contribution in [-0.4, -0.2) is 16.8 Å². The second-order valence-electron chi connectivity index (χ2n) is 3.78. The van der Waals surface area contributed by atoms with Gasteiger partial charge in [0.05, 0.1) is 5.54 Å². The maximum absolute atomic E-state index is 4.29. The van der Waals surface area contributed by atoms with E-state index in [1.807, 2.05) is 11.2 Å². The first-order valence-electron chi connectivity index (χ1n) is 4.46. The molecule has 0 rings (SSSR count). The van der Waals surface area contributed by atoms with E-state index < -0.39 is 0 Å². The van der Waals surface area contributed by atoms with Gasteiger partial charge in [-0.25, -0.2) is 0 Å². The second kappa shape index (κ2) is 4.96. The molecule has 2 heteroatoms. The molecule has 0 saturated heterocycles. The second-order valence-corrected chi connectivity index (χ2v) is 3.78. The van der Waals surface area contributed by atoms with Crippen molar-refractivity contribution in [1.82, 2.24) is 5.01 Å². The van der Waals surface area contributed by atoms with E-state index in [0.717, 1.165) is 12.8 Å². The number of hydrogen-bond acceptors (Lipinski definition) is 2. The molecule has 0 aromatic heterocycles. The minimum Gasteiger partial charge on any atom is -0.268 e. The molecule has 0 unspecified atom stereocenters. The minimum absolute atomic E-state index is 0.0337. The Hall–Kier alpha value is -0.790. The lowest BCUT2D eigenvalue weighted by Crippen LogP contribution is -2.32. The van der Waals surface area contributed by atoms with Crippen molar-refractivity contribution in [2.45, 2.75) is 46.1 Å². The molecule has 0 amide bonds. The Balaban J connectivity index is 4.09. The van der Waals surface area contributed by atoms with Crippen molar-refractivity contribution in [3.05, 3.63) is 12.8 Å². The number of hydrazone groups is 1. The van der Waals surface area contributed by atoms with Crippen molar-refractivity contribution in [2.75, 3.05) is 0 Å². The van der Waals surface area contributed by atoms with Crippen molar-refractivity contribution in [2.24, 2.45) is 5.10 Å². The Kier molecular flexibility index (Phi) is 4.64. The molecule has 0 fully saturated rings. The highest BCUT2D eigenvalue weighted by Gasteiger charge is 2.15. The van der Waals surface area contributed by atoms with E-state index in [2.05, 4.69) is 39.4 Å². The summed E-state index contributed by atoms with van der Waals surface area (Å²) in [4.78, 5) is 0. The molecule has 0 bridgehead atoms. The lowest BCUT2D eigenvalue weighted by Gasteiger charge is -2.29. The summed E-state index contributed by atoms with van der Waals surface area (Å²) in [6.07, 6.45) is 5.86. The Morgan fingerprint density at radius 3 is 2.33 bits per heavy atom. The molecule has 0 radical (unpaired) electrons. The summed E-state index contributed by atoms with van der Waals surface area (Å²) in [7, 11) is 0. The van der Waals surface area contributed by atoms with Gasteiger partial charge in [0.2, 0.25) is 0 Å². The van der Waals surface area contributed by atoms with Crippen LogP contribution < -0.4 is 0 Å². The Morgan fingerprint density at radius 2 is 2.00 bits per heavy atom. The Bertz CT molecular complexity index is 154. The van der Waals surface area contributed by atoms with Crippen LogP contribution in [-0.2, 0) is 0 Å². The smallest absolute Gasteiger partial charge is 0.0543 e. The van der Waals surface area contributed by atoms with Gasteiger partial charge in [0.15, 0.2) is 0 Å². The van der Waals surface area contributed by atoms with E-state index in [4.69, 9.17) is 0 Å². The molecule has 2 nitrogen and oxygen atoms in total. The van der Waals surface area contributed by atoms with E-state index in [0.29, 0.717) is 0 Å². The summed E-state index contributed by atoms with van der Waals surface area (Å²) in [6, 6.07) is 0. The van der Waals surface area contributed by atoms with Crippen LogP contribution in [0.3, 0.4) is 0 Å². The fourth-order valence-corrected chi connectivity index (χ4v) is 0.769. The summed E-state index contributed by atoms with van der Waals surface area (Å²) in [6.45, 7) is 12.2. The number of rotatable bonds is 4. The fraction of sp³-hybridized carbons (Fsp3) is 0.700. The molecule has 70 valence electrons. The van der Waals surface area contributed by atoms with Gasteiger partial charge in [0.1, 0.15) is 0 Å². The van der Waals surface area contributed by atoms with Crippen molar-refractivity contribution in [3.8, 4) is 0 Å². The van der Waals surface area contributed by atoms with Gasteiger partial charge in [0, 0.05) is 12.4 Å². The van der Waals surface area contributed by atoms with Crippen LogP contribution in [0.5, 0.6) is 0 Å². The van der Waals surface area contributed by atoms with E-state index in [1.54, 1.807) is 6.20 Å². The molecule has 0 aliphatic carbocycles. The standard InChI is InChI=1S/C10H20N2/c1-6-8-9-11-12(7-2)10(3,4)5/h7,9H,2,6,8H2,1,3-5H3/b11-9-. The first-order valence-corrected chi connectivity index (χ1v) is 4.46. The lowest BCUT2D eigenvalue weighted by molar-refractivity contribution is 0.216. The Labute approximate surface area is 76.0 Å². The van der Waals surface area contributed by atoms with Crippen LogP contribution in [0.25, 0.3) is 0 Å². The average Bonchev–Trinajstić information content (AvgIpc) is 1.95. The predicted molar refractivity (Wildman–Crippen MR) is 55.2 cm³/mol. The van der Waals surface area contributed by atoms with E-state index in [-0.39, 0.29) is 5.54 Å². The molecule has 0 spiro atoms. The van der Waals surface area contributed by atoms with E-state index in [1.165, 1.54) is 0 Å². The molecular weight excluding hydrogens is 148 g/mol. The lowest BCUT2D eigenvalue weighted by atomic mass is 10.1. The third kappa shape index (κ3) is 4.16. The summed E-state index contributed by atoms with van der Waals surface area (Å²) >= 11 is 0. The van der Waals surface area contributed by atoms with E-state index in [9.17, 15) is 0 Å². The summed E-state index contributed by atoms with van der Waals surface area (Å²) < 4.78 is 0. The van der Waals surface area contributed by atoms with Gasteiger partial charge in [-0.05, 0) is 27.2 Å². The zero-order valence-electron chi connectivity index (χ0n) is 8.67. The predicted octanol–water partition coefficient (Wildman–Crippen LogP) is 3.02. The molecule has 0 aromatic carbocycles. The molecule has 0 atom stereocenters. The quantitative estimate of drug-likeness (QED) is 0.465. The topological polar surface area (TPSA) is 15.6 Å². The zero-order valence-corrected chi connectivity index (χ0v) is 8.67. The first kappa shape index (κ1) is 11.2. The molecule has 12 heavy (non-hydrogen) atoms. The monoisotopic (exact) mass is 168 g/mol. The molecule has 0 aromatic rings. The van der Waals surface area contributed by atoms with Crippen molar-refractivity contribution < 1.29 is 0 Å². The largest absolute Gasteiger partial charge is 0.268 e. The van der Waals surface area contributed by atoms with Crippen molar-refractivity contribution >= 4 is 6.21 Å². The van der Waals surface area contributed by atoms with Gasteiger partial charge in [-0.1, -0.05) is 19.9 Å².